The number of aryl methyl sites for hydroxylation is 1. The van der Waals surface area contributed by atoms with Gasteiger partial charge in [-0.1, -0.05) is 0 Å². The van der Waals surface area contributed by atoms with Gasteiger partial charge >= 0.3 is 0 Å². The van der Waals surface area contributed by atoms with Crippen molar-refractivity contribution < 1.29 is 21.5 Å². The van der Waals surface area contributed by atoms with Crippen molar-refractivity contribution in [2.75, 3.05) is 5.75 Å². The lowest BCUT2D eigenvalue weighted by atomic mass is 10.5. The van der Waals surface area contributed by atoms with Crippen LogP contribution in [0.1, 0.15) is 6.42 Å². The number of rotatable bonds is 4. The minimum atomic E-state index is 0. The lowest BCUT2D eigenvalue weighted by Gasteiger charge is -1.91. The number of nitrogens with zero attached hydrogens (tertiary/aromatic N) is 2. The topological polar surface area (TPSA) is 34.8 Å². The van der Waals surface area contributed by atoms with Crippen LogP contribution in [-0.4, -0.2) is 10.3 Å². The van der Waals surface area contributed by atoms with Gasteiger partial charge in [0.15, 0.2) is 0 Å². The van der Waals surface area contributed by atoms with Crippen molar-refractivity contribution in [2.45, 2.75) is 19.6 Å². The zero-order valence-corrected chi connectivity index (χ0v) is 9.34. The lowest BCUT2D eigenvalue weighted by molar-refractivity contribution is -0.696. The fraction of sp³-hybridized carbons (Fsp3) is 0.571. The lowest BCUT2D eigenvalue weighted by Crippen LogP contribution is -3.00. The first kappa shape index (κ1) is 12.0. The van der Waals surface area contributed by atoms with Crippen molar-refractivity contribution in [3.05, 3.63) is 18.7 Å². The Kier molecular flexibility index (Phi) is 6.51. The highest BCUT2D eigenvalue weighted by Gasteiger charge is 1.99. The van der Waals surface area contributed by atoms with Gasteiger partial charge in [-0.25, -0.2) is 9.13 Å². The third kappa shape index (κ3) is 3.60. The highest BCUT2D eigenvalue weighted by molar-refractivity contribution is 7.80. The Morgan fingerprint density at radius 1 is 1.50 bits per heavy atom. The third-order valence-electron chi connectivity index (χ3n) is 1.53. The number of thiol groups is 1. The van der Waals surface area contributed by atoms with Crippen molar-refractivity contribution in [3.63, 3.8) is 0 Å². The first-order valence-electron chi connectivity index (χ1n) is 3.72. The maximum absolute atomic E-state index is 5.43. The molecule has 70 valence electrons. The van der Waals surface area contributed by atoms with Gasteiger partial charge in [0.2, 0.25) is 6.33 Å². The van der Waals surface area contributed by atoms with Gasteiger partial charge in [-0.3, -0.25) is 5.73 Å². The number of imidazole rings is 1. The van der Waals surface area contributed by atoms with Gasteiger partial charge in [0.25, 0.3) is 0 Å². The van der Waals surface area contributed by atoms with E-state index in [4.69, 9.17) is 5.73 Å². The number of aromatic nitrogens is 2. The molecular weight excluding hydrogens is 238 g/mol. The number of halogens is 1. The highest BCUT2D eigenvalue weighted by Crippen LogP contribution is 1.85. The molecule has 0 saturated heterocycles. The summed E-state index contributed by atoms with van der Waals surface area (Å²) in [5, 5.41) is 0. The van der Waals surface area contributed by atoms with E-state index in [9.17, 15) is 0 Å². The Morgan fingerprint density at radius 3 is 2.75 bits per heavy atom. The molecule has 3 nitrogen and oxygen atoms in total. The fourth-order valence-corrected chi connectivity index (χ4v) is 1.07. The molecule has 0 fully saturated rings. The van der Waals surface area contributed by atoms with Gasteiger partial charge < -0.3 is 17.0 Å². The van der Waals surface area contributed by atoms with Crippen LogP contribution < -0.4 is 27.3 Å². The summed E-state index contributed by atoms with van der Waals surface area (Å²) in [5.74, 6) is 0.931. The third-order valence-corrected chi connectivity index (χ3v) is 1.85. The van der Waals surface area contributed by atoms with Crippen LogP contribution in [-0.2, 0) is 13.2 Å². The molecule has 2 N–H and O–H groups in total. The standard InChI is InChI=1S/C7H13N3S.BrH/c8-6-10-4-3-9(7-10)2-1-5-11;/h3-4,7H,1-2,5-6,8H2;1H. The summed E-state index contributed by atoms with van der Waals surface area (Å²) in [6, 6.07) is 0. The van der Waals surface area contributed by atoms with E-state index in [1.54, 1.807) is 0 Å². The zero-order valence-electron chi connectivity index (χ0n) is 6.86. The van der Waals surface area contributed by atoms with Crippen molar-refractivity contribution in [2.24, 2.45) is 5.73 Å². The largest absolute Gasteiger partial charge is 1.00 e. The van der Waals surface area contributed by atoms with Crippen LogP contribution >= 0.6 is 12.6 Å². The molecule has 0 aliphatic heterocycles. The summed E-state index contributed by atoms with van der Waals surface area (Å²) < 4.78 is 4.06. The average Bonchev–Trinajstić information content (AvgIpc) is 2.48. The Hall–Kier alpha value is 0. The van der Waals surface area contributed by atoms with E-state index >= 15 is 0 Å². The summed E-state index contributed by atoms with van der Waals surface area (Å²) in [7, 11) is 0. The van der Waals surface area contributed by atoms with E-state index in [2.05, 4.69) is 17.2 Å². The van der Waals surface area contributed by atoms with Crippen LogP contribution in [0.2, 0.25) is 0 Å². The van der Waals surface area contributed by atoms with Crippen LogP contribution in [0.15, 0.2) is 18.7 Å². The minimum Gasteiger partial charge on any atom is -1.00 e. The highest BCUT2D eigenvalue weighted by atomic mass is 79.9. The van der Waals surface area contributed by atoms with Gasteiger partial charge in [0.05, 0.1) is 6.54 Å². The molecule has 0 aromatic carbocycles. The van der Waals surface area contributed by atoms with Crippen LogP contribution in [0, 0.1) is 0 Å². The molecule has 0 aliphatic rings. The SMILES string of the molecule is NCn1cc[n+](CCCS)c1.[Br-]. The van der Waals surface area contributed by atoms with Gasteiger partial charge in [0, 0.05) is 0 Å². The fourth-order valence-electron chi connectivity index (χ4n) is 0.932. The minimum absolute atomic E-state index is 0. The molecule has 0 bridgehead atoms. The van der Waals surface area contributed by atoms with Crippen molar-refractivity contribution in [1.29, 1.82) is 0 Å². The molecule has 1 heterocycles. The second-order valence-corrected chi connectivity index (χ2v) is 2.87. The Morgan fingerprint density at radius 2 is 2.25 bits per heavy atom. The smallest absolute Gasteiger partial charge is 0.244 e. The summed E-state index contributed by atoms with van der Waals surface area (Å²) in [6.07, 6.45) is 7.10. The maximum atomic E-state index is 5.43. The molecule has 0 radical (unpaired) electrons. The van der Waals surface area contributed by atoms with Crippen molar-refractivity contribution in [1.82, 2.24) is 4.57 Å². The molecule has 12 heavy (non-hydrogen) atoms. The molecule has 0 amide bonds. The van der Waals surface area contributed by atoms with E-state index in [1.807, 2.05) is 23.3 Å². The van der Waals surface area contributed by atoms with Crippen LogP contribution in [0.5, 0.6) is 0 Å². The second kappa shape index (κ2) is 6.51. The monoisotopic (exact) mass is 251 g/mol. The number of nitrogens with two attached hydrogens (primary N) is 1. The molecule has 0 spiro atoms. The maximum Gasteiger partial charge on any atom is 0.244 e. The van der Waals surface area contributed by atoms with Gasteiger partial charge in [-0.2, -0.15) is 12.6 Å². The number of hydrogen-bond acceptors (Lipinski definition) is 2. The zero-order chi connectivity index (χ0) is 8.10. The molecule has 0 aliphatic carbocycles. The van der Waals surface area contributed by atoms with E-state index in [0.717, 1.165) is 18.7 Å². The first-order valence-corrected chi connectivity index (χ1v) is 4.36. The molecular formula is C7H14BrN3S. The molecule has 1 aromatic heterocycles. The second-order valence-electron chi connectivity index (χ2n) is 2.43. The van der Waals surface area contributed by atoms with Gasteiger partial charge in [-0.15, -0.1) is 0 Å². The van der Waals surface area contributed by atoms with Crippen LogP contribution in [0.4, 0.5) is 0 Å². The first-order chi connectivity index (χ1) is 5.36. The molecule has 0 unspecified atom stereocenters. The predicted octanol–water partition coefficient (Wildman–Crippen LogP) is -2.98. The Balaban J connectivity index is 0.00000121. The van der Waals surface area contributed by atoms with Crippen molar-refractivity contribution >= 4 is 12.6 Å². The van der Waals surface area contributed by atoms with Crippen molar-refractivity contribution in [3.8, 4) is 0 Å². The molecule has 1 aromatic rings. The summed E-state index contributed by atoms with van der Waals surface area (Å²) in [5.41, 5.74) is 5.43. The average molecular weight is 252 g/mol. The van der Waals surface area contributed by atoms with Gasteiger partial charge in [0.1, 0.15) is 19.1 Å². The Bertz CT molecular complexity index is 214. The molecule has 0 atom stereocenters. The van der Waals surface area contributed by atoms with E-state index < -0.39 is 0 Å². The van der Waals surface area contributed by atoms with E-state index in [-0.39, 0.29) is 17.0 Å². The Labute approximate surface area is 88.7 Å². The molecule has 5 heteroatoms. The van der Waals surface area contributed by atoms with Gasteiger partial charge in [-0.05, 0) is 12.2 Å². The summed E-state index contributed by atoms with van der Waals surface area (Å²) in [6.45, 7) is 1.57. The quantitative estimate of drug-likeness (QED) is 0.435. The predicted molar refractivity (Wildman–Crippen MR) is 47.3 cm³/mol. The number of hydrogen-bond donors (Lipinski definition) is 2. The normalized spacial score (nSPS) is 9.50. The summed E-state index contributed by atoms with van der Waals surface area (Å²) >= 11 is 4.14. The van der Waals surface area contributed by atoms with E-state index in [1.165, 1.54) is 0 Å². The summed E-state index contributed by atoms with van der Waals surface area (Å²) in [4.78, 5) is 0. The molecule has 0 saturated carbocycles. The van der Waals surface area contributed by atoms with Crippen LogP contribution in [0.25, 0.3) is 0 Å². The molecule has 1 rings (SSSR count). The van der Waals surface area contributed by atoms with E-state index in [0.29, 0.717) is 6.67 Å². The van der Waals surface area contributed by atoms with Crippen LogP contribution in [0.3, 0.4) is 0 Å².